The van der Waals surface area contributed by atoms with Crippen molar-refractivity contribution in [2.45, 2.75) is 23.4 Å². The van der Waals surface area contributed by atoms with Gasteiger partial charge in [-0.2, -0.15) is 0 Å². The van der Waals surface area contributed by atoms with E-state index in [1.54, 1.807) is 24.3 Å². The average molecular weight is 575 g/mol. The molecule has 0 fully saturated rings. The van der Waals surface area contributed by atoms with Crippen molar-refractivity contribution in [3.63, 3.8) is 0 Å². The Balaban J connectivity index is 2.03. The van der Waals surface area contributed by atoms with Gasteiger partial charge in [-0.1, -0.05) is 11.6 Å². The molecule has 0 saturated heterocycles. The molecule has 1 aliphatic heterocycles. The van der Waals surface area contributed by atoms with Gasteiger partial charge in [0, 0.05) is 41.0 Å². The minimum absolute atomic E-state index is 0.0306. The molecule has 0 bridgehead atoms. The summed E-state index contributed by atoms with van der Waals surface area (Å²) in [6.07, 6.45) is 1.54. The van der Waals surface area contributed by atoms with E-state index in [1.165, 1.54) is 51.8 Å². The second-order valence-electron chi connectivity index (χ2n) is 9.37. The second-order valence-corrected chi connectivity index (χ2v) is 11.6. The summed E-state index contributed by atoms with van der Waals surface area (Å²) in [4.78, 5) is 20.8. The quantitative estimate of drug-likeness (QED) is 0.390. The van der Waals surface area contributed by atoms with Crippen LogP contribution in [0.5, 0.6) is 17.4 Å². The number of carbonyl (C=O) groups excluding carboxylic acids is 1. The van der Waals surface area contributed by atoms with Gasteiger partial charge in [0.1, 0.15) is 16.4 Å². The lowest BCUT2D eigenvalue weighted by atomic mass is 9.83. The smallest absolute Gasteiger partial charge is 0.274 e. The van der Waals surface area contributed by atoms with Crippen LogP contribution in [0.4, 0.5) is 5.69 Å². The number of anilines is 1. The molecule has 1 aliphatic rings. The van der Waals surface area contributed by atoms with E-state index in [2.05, 4.69) is 10.3 Å². The molecule has 0 spiro atoms. The van der Waals surface area contributed by atoms with Crippen molar-refractivity contribution < 1.29 is 27.4 Å². The molecule has 3 aromatic rings. The molecule has 0 radical (unpaired) electrons. The van der Waals surface area contributed by atoms with Gasteiger partial charge in [0.15, 0.2) is 5.54 Å². The molecule has 0 aliphatic carbocycles. The molecule has 2 atom stereocenters. The highest BCUT2D eigenvalue weighted by molar-refractivity contribution is 7.93. The zero-order valence-electron chi connectivity index (χ0n) is 22.6. The van der Waals surface area contributed by atoms with Crippen LogP contribution in [-0.2, 0) is 20.4 Å². The zero-order valence-corrected chi connectivity index (χ0v) is 24.1. The first-order valence-electron chi connectivity index (χ1n) is 12.0. The molecule has 2 unspecified atom stereocenters. The van der Waals surface area contributed by atoms with Crippen LogP contribution in [0.1, 0.15) is 18.1 Å². The van der Waals surface area contributed by atoms with Crippen LogP contribution < -0.4 is 23.8 Å². The number of aromatic nitrogens is 1. The van der Waals surface area contributed by atoms with E-state index in [4.69, 9.17) is 25.8 Å². The van der Waals surface area contributed by atoms with Gasteiger partial charge in [0.2, 0.25) is 5.88 Å². The standard InChI is InChI=1S/C27H31ClN4O6S/c1-17(16-31(2)3)30-27(20-8-7-13-29-25(20)38-6)21-14-18(28)9-11-22(21)32(26(27)33)39(34,35)24-12-10-19(36-4)15-23(24)37-5/h7-15,17,30H,16H2,1-6H3. The molecule has 2 aromatic carbocycles. The minimum Gasteiger partial charge on any atom is -0.497 e. The Kier molecular flexibility index (Phi) is 8.08. The van der Waals surface area contributed by atoms with E-state index >= 15 is 0 Å². The Bertz CT molecular complexity index is 1500. The summed E-state index contributed by atoms with van der Waals surface area (Å²) in [6, 6.07) is 12.0. The topological polar surface area (TPSA) is 110 Å². The van der Waals surface area contributed by atoms with Crippen LogP contribution >= 0.6 is 11.6 Å². The maximum absolute atomic E-state index is 14.7. The van der Waals surface area contributed by atoms with E-state index in [-0.39, 0.29) is 28.3 Å². The number of methoxy groups -OCH3 is 3. The third kappa shape index (κ3) is 4.91. The van der Waals surface area contributed by atoms with Gasteiger partial charge in [-0.25, -0.2) is 17.7 Å². The molecule has 1 amide bonds. The van der Waals surface area contributed by atoms with Crippen molar-refractivity contribution in [3.05, 3.63) is 70.9 Å². The summed E-state index contributed by atoms with van der Waals surface area (Å²) in [7, 11) is 3.58. The number of hydrogen-bond donors (Lipinski definition) is 1. The number of carbonyl (C=O) groups is 1. The van der Waals surface area contributed by atoms with Crippen LogP contribution in [0, 0.1) is 0 Å². The predicted octanol–water partition coefficient (Wildman–Crippen LogP) is 3.28. The summed E-state index contributed by atoms with van der Waals surface area (Å²) in [6.45, 7) is 2.46. The molecule has 12 heteroatoms. The maximum Gasteiger partial charge on any atom is 0.274 e. The number of pyridine rings is 1. The fraction of sp³-hybridized carbons (Fsp3) is 0.333. The molecule has 1 N–H and O–H groups in total. The summed E-state index contributed by atoms with van der Waals surface area (Å²) in [5.74, 6) is -0.153. The van der Waals surface area contributed by atoms with Crippen molar-refractivity contribution in [2.24, 2.45) is 0 Å². The lowest BCUT2D eigenvalue weighted by Crippen LogP contribution is -2.57. The van der Waals surface area contributed by atoms with Crippen LogP contribution in [0.3, 0.4) is 0 Å². The van der Waals surface area contributed by atoms with Crippen molar-refractivity contribution in [1.82, 2.24) is 15.2 Å². The second kappa shape index (κ2) is 11.0. The highest BCUT2D eigenvalue weighted by Gasteiger charge is 2.58. The SMILES string of the molecule is COc1ccc(S(=O)(=O)N2C(=O)C(NC(C)CN(C)C)(c3cccnc3OC)c3cc(Cl)ccc32)c(OC)c1. The van der Waals surface area contributed by atoms with Crippen LogP contribution in [0.2, 0.25) is 5.02 Å². The van der Waals surface area contributed by atoms with E-state index in [0.717, 1.165) is 4.31 Å². The molecule has 2 heterocycles. The van der Waals surface area contributed by atoms with E-state index < -0.39 is 21.5 Å². The Hall–Kier alpha value is -3.38. The number of ether oxygens (including phenoxy) is 3. The molecular weight excluding hydrogens is 544 g/mol. The molecule has 208 valence electrons. The monoisotopic (exact) mass is 574 g/mol. The summed E-state index contributed by atoms with van der Waals surface area (Å²) >= 11 is 6.44. The number of fused-ring (bicyclic) bond motifs is 1. The van der Waals surface area contributed by atoms with E-state index in [9.17, 15) is 13.2 Å². The Labute approximate surface area is 233 Å². The van der Waals surface area contributed by atoms with E-state index in [0.29, 0.717) is 28.4 Å². The lowest BCUT2D eigenvalue weighted by Gasteiger charge is -2.34. The number of hydrogen-bond acceptors (Lipinski definition) is 9. The molecule has 10 nitrogen and oxygen atoms in total. The van der Waals surface area contributed by atoms with Crippen molar-refractivity contribution in [1.29, 1.82) is 0 Å². The first-order valence-corrected chi connectivity index (χ1v) is 13.9. The predicted molar refractivity (Wildman–Crippen MR) is 148 cm³/mol. The number of benzene rings is 2. The van der Waals surface area contributed by atoms with Gasteiger partial charge in [-0.3, -0.25) is 10.1 Å². The average Bonchev–Trinajstić information content (AvgIpc) is 3.15. The summed E-state index contributed by atoms with van der Waals surface area (Å²) in [5.41, 5.74) is -0.834. The number of nitrogens with one attached hydrogen (secondary N) is 1. The van der Waals surface area contributed by atoms with Gasteiger partial charge < -0.3 is 19.1 Å². The van der Waals surface area contributed by atoms with Gasteiger partial charge in [0.25, 0.3) is 15.9 Å². The Morgan fingerprint density at radius 2 is 1.79 bits per heavy atom. The Morgan fingerprint density at radius 3 is 2.44 bits per heavy atom. The molecule has 39 heavy (non-hydrogen) atoms. The fourth-order valence-corrected chi connectivity index (χ4v) is 6.75. The highest BCUT2D eigenvalue weighted by Crippen LogP contribution is 2.50. The fourth-order valence-electron chi connectivity index (χ4n) is 4.97. The van der Waals surface area contributed by atoms with Crippen LogP contribution in [-0.4, -0.2) is 72.2 Å². The minimum atomic E-state index is -4.49. The third-order valence-corrected chi connectivity index (χ3v) is 8.42. The summed E-state index contributed by atoms with van der Waals surface area (Å²) < 4.78 is 45.5. The van der Waals surface area contributed by atoms with Gasteiger partial charge in [0.05, 0.1) is 27.0 Å². The third-order valence-electron chi connectivity index (χ3n) is 6.45. The molecule has 0 saturated carbocycles. The number of halogens is 1. The largest absolute Gasteiger partial charge is 0.497 e. The highest BCUT2D eigenvalue weighted by atomic mass is 35.5. The summed E-state index contributed by atoms with van der Waals surface area (Å²) in [5, 5.41) is 3.75. The molecule has 1 aromatic heterocycles. The van der Waals surface area contributed by atoms with Crippen molar-refractivity contribution in [2.75, 3.05) is 46.3 Å². The van der Waals surface area contributed by atoms with Crippen LogP contribution in [0.15, 0.2) is 59.6 Å². The van der Waals surface area contributed by atoms with Crippen LogP contribution in [0.25, 0.3) is 0 Å². The van der Waals surface area contributed by atoms with Crippen molar-refractivity contribution >= 4 is 33.2 Å². The number of likely N-dealkylation sites (N-methyl/N-ethyl adjacent to an activating group) is 1. The lowest BCUT2D eigenvalue weighted by molar-refractivity contribution is -0.122. The molecular formula is C27H31ClN4O6S. The first kappa shape index (κ1) is 28.6. The van der Waals surface area contributed by atoms with Gasteiger partial charge >= 0.3 is 0 Å². The zero-order chi connectivity index (χ0) is 28.5. The maximum atomic E-state index is 14.7. The van der Waals surface area contributed by atoms with Gasteiger partial charge in [-0.05, 0) is 63.5 Å². The van der Waals surface area contributed by atoms with Gasteiger partial charge in [-0.15, -0.1) is 0 Å². The molecule has 4 rings (SSSR count). The number of nitrogens with zero attached hydrogens (tertiary/aromatic N) is 3. The number of sulfonamides is 1. The number of amides is 1. The Morgan fingerprint density at radius 1 is 1.05 bits per heavy atom. The first-order chi connectivity index (χ1) is 18.5. The van der Waals surface area contributed by atoms with E-state index in [1.807, 2.05) is 25.9 Å². The normalized spacial score (nSPS) is 17.7. The van der Waals surface area contributed by atoms with Crippen molar-refractivity contribution in [3.8, 4) is 17.4 Å². The number of rotatable bonds is 10.